The summed E-state index contributed by atoms with van der Waals surface area (Å²) in [6.45, 7) is -0.915. The van der Waals surface area contributed by atoms with Crippen LogP contribution in [0.15, 0.2) is 48.5 Å². The number of rotatable bonds is 8. The Balaban J connectivity index is 1.74. The molecule has 4 N–H and O–H groups in total. The van der Waals surface area contributed by atoms with Crippen molar-refractivity contribution in [2.45, 2.75) is 0 Å². The standard InChI is InChI=1S/C19H19N3O6/c1-27-15-4-2-3-13(9-15)19(26)21-10-17(24)28-11-16(23)22-14-7-5-12(6-8-14)18(20)25/h2-9H,10-11H2,1H3,(H2,20,25)(H,21,26)(H,22,23). The van der Waals surface area contributed by atoms with Crippen LogP contribution in [0.5, 0.6) is 5.75 Å². The molecule has 0 radical (unpaired) electrons. The zero-order valence-electron chi connectivity index (χ0n) is 15.1. The Morgan fingerprint density at radius 1 is 1.00 bits per heavy atom. The van der Waals surface area contributed by atoms with E-state index in [0.29, 0.717) is 22.6 Å². The van der Waals surface area contributed by atoms with Crippen LogP contribution in [0.2, 0.25) is 0 Å². The molecule has 0 aromatic heterocycles. The molecule has 0 bridgehead atoms. The molecule has 9 heteroatoms. The van der Waals surface area contributed by atoms with Crippen LogP contribution in [0.25, 0.3) is 0 Å². The highest BCUT2D eigenvalue weighted by Gasteiger charge is 2.12. The Morgan fingerprint density at radius 3 is 2.36 bits per heavy atom. The molecule has 0 aliphatic carbocycles. The number of nitrogens with two attached hydrogens (primary N) is 1. The van der Waals surface area contributed by atoms with Crippen LogP contribution >= 0.6 is 0 Å². The molecule has 0 aliphatic heterocycles. The number of esters is 1. The van der Waals surface area contributed by atoms with Crippen molar-refractivity contribution in [1.82, 2.24) is 5.32 Å². The third-order valence-electron chi connectivity index (χ3n) is 3.54. The summed E-state index contributed by atoms with van der Waals surface area (Å²) < 4.78 is 9.83. The van der Waals surface area contributed by atoms with Crippen molar-refractivity contribution in [2.24, 2.45) is 5.73 Å². The normalized spacial score (nSPS) is 9.89. The Hall–Kier alpha value is -3.88. The molecule has 0 spiro atoms. The molecule has 0 saturated heterocycles. The molecule has 28 heavy (non-hydrogen) atoms. The Bertz CT molecular complexity index is 879. The van der Waals surface area contributed by atoms with Crippen LogP contribution in [0.4, 0.5) is 5.69 Å². The molecule has 0 unspecified atom stereocenters. The summed E-state index contributed by atoms with van der Waals surface area (Å²) in [6.07, 6.45) is 0. The fourth-order valence-electron chi connectivity index (χ4n) is 2.13. The second-order valence-corrected chi connectivity index (χ2v) is 5.57. The summed E-state index contributed by atoms with van der Waals surface area (Å²) in [5, 5.41) is 4.89. The van der Waals surface area contributed by atoms with E-state index in [1.807, 2.05) is 0 Å². The molecule has 0 aliphatic rings. The van der Waals surface area contributed by atoms with E-state index in [4.69, 9.17) is 15.2 Å². The fourth-order valence-corrected chi connectivity index (χ4v) is 2.13. The topological polar surface area (TPSA) is 137 Å². The summed E-state index contributed by atoms with van der Waals surface area (Å²) in [5.41, 5.74) is 6.17. The van der Waals surface area contributed by atoms with E-state index in [1.54, 1.807) is 18.2 Å². The van der Waals surface area contributed by atoms with Crippen LogP contribution in [-0.4, -0.2) is 44.0 Å². The Kier molecular flexibility index (Phi) is 7.09. The van der Waals surface area contributed by atoms with Crippen molar-refractivity contribution in [3.05, 3.63) is 59.7 Å². The zero-order valence-corrected chi connectivity index (χ0v) is 15.1. The minimum Gasteiger partial charge on any atom is -0.497 e. The van der Waals surface area contributed by atoms with Crippen LogP contribution < -0.4 is 21.1 Å². The van der Waals surface area contributed by atoms with E-state index in [0.717, 1.165) is 0 Å². The quantitative estimate of drug-likeness (QED) is 0.572. The third-order valence-corrected chi connectivity index (χ3v) is 3.54. The fraction of sp³-hybridized carbons (Fsp3) is 0.158. The van der Waals surface area contributed by atoms with E-state index >= 15 is 0 Å². The summed E-state index contributed by atoms with van der Waals surface area (Å²) in [5.74, 6) is -1.89. The Morgan fingerprint density at radius 2 is 1.71 bits per heavy atom. The minimum absolute atomic E-state index is 0.302. The number of hydrogen-bond donors (Lipinski definition) is 3. The van der Waals surface area contributed by atoms with Gasteiger partial charge in [-0.25, -0.2) is 0 Å². The lowest BCUT2D eigenvalue weighted by Crippen LogP contribution is -2.32. The molecule has 0 heterocycles. The van der Waals surface area contributed by atoms with Gasteiger partial charge >= 0.3 is 5.97 Å². The number of methoxy groups -OCH3 is 1. The summed E-state index contributed by atoms with van der Waals surface area (Å²) in [7, 11) is 1.48. The maximum absolute atomic E-state index is 12.0. The SMILES string of the molecule is COc1cccc(C(=O)NCC(=O)OCC(=O)Nc2ccc(C(N)=O)cc2)c1. The number of benzene rings is 2. The van der Waals surface area contributed by atoms with Crippen molar-refractivity contribution >= 4 is 29.4 Å². The van der Waals surface area contributed by atoms with E-state index in [-0.39, 0.29) is 0 Å². The van der Waals surface area contributed by atoms with E-state index in [9.17, 15) is 19.2 Å². The maximum atomic E-state index is 12.0. The van der Waals surface area contributed by atoms with Crippen molar-refractivity contribution in [3.63, 3.8) is 0 Å². The third kappa shape index (κ3) is 6.13. The first-order chi connectivity index (χ1) is 13.4. The predicted octanol–water partition coefficient (Wildman–Crippen LogP) is 0.706. The van der Waals surface area contributed by atoms with Gasteiger partial charge in [-0.1, -0.05) is 6.07 Å². The molecule has 2 aromatic rings. The van der Waals surface area contributed by atoms with E-state index in [2.05, 4.69) is 10.6 Å². The number of carbonyl (C=O) groups is 4. The number of amides is 3. The molecule has 0 saturated carbocycles. The van der Waals surface area contributed by atoms with Gasteiger partial charge in [0.2, 0.25) is 5.91 Å². The van der Waals surface area contributed by atoms with Crippen LogP contribution in [-0.2, 0) is 14.3 Å². The molecule has 0 fully saturated rings. The van der Waals surface area contributed by atoms with Gasteiger partial charge in [0.15, 0.2) is 6.61 Å². The molecule has 9 nitrogen and oxygen atoms in total. The number of ether oxygens (including phenoxy) is 2. The van der Waals surface area contributed by atoms with Gasteiger partial charge in [-0.15, -0.1) is 0 Å². The van der Waals surface area contributed by atoms with Gasteiger partial charge < -0.3 is 25.8 Å². The average Bonchev–Trinajstić information content (AvgIpc) is 2.70. The highest BCUT2D eigenvalue weighted by atomic mass is 16.5. The lowest BCUT2D eigenvalue weighted by molar-refractivity contribution is -0.146. The lowest BCUT2D eigenvalue weighted by atomic mass is 10.2. The van der Waals surface area contributed by atoms with Gasteiger partial charge in [0, 0.05) is 16.8 Å². The van der Waals surface area contributed by atoms with E-state index in [1.165, 1.54) is 37.4 Å². The van der Waals surface area contributed by atoms with Gasteiger partial charge in [0.1, 0.15) is 12.3 Å². The number of carbonyl (C=O) groups excluding carboxylic acids is 4. The molecule has 2 aromatic carbocycles. The number of anilines is 1. The molecule has 3 amide bonds. The molecule has 146 valence electrons. The maximum Gasteiger partial charge on any atom is 0.325 e. The number of primary amides is 1. The van der Waals surface area contributed by atoms with E-state index < -0.39 is 36.8 Å². The van der Waals surface area contributed by atoms with Gasteiger partial charge in [-0.2, -0.15) is 0 Å². The highest BCUT2D eigenvalue weighted by Crippen LogP contribution is 2.12. The molecule has 2 rings (SSSR count). The van der Waals surface area contributed by atoms with Crippen molar-refractivity contribution in [1.29, 1.82) is 0 Å². The number of nitrogens with one attached hydrogen (secondary N) is 2. The van der Waals surface area contributed by atoms with Crippen LogP contribution in [0.1, 0.15) is 20.7 Å². The van der Waals surface area contributed by atoms with Gasteiger partial charge in [-0.3, -0.25) is 19.2 Å². The summed E-state index contributed by atoms with van der Waals surface area (Å²) in [4.78, 5) is 46.4. The summed E-state index contributed by atoms with van der Waals surface area (Å²) >= 11 is 0. The second kappa shape index (κ2) is 9.72. The van der Waals surface area contributed by atoms with Crippen LogP contribution in [0, 0.1) is 0 Å². The molecule has 0 atom stereocenters. The summed E-state index contributed by atoms with van der Waals surface area (Å²) in [6, 6.07) is 12.3. The van der Waals surface area contributed by atoms with Crippen molar-refractivity contribution in [2.75, 3.05) is 25.6 Å². The minimum atomic E-state index is -0.768. The van der Waals surface area contributed by atoms with Gasteiger partial charge in [-0.05, 0) is 42.5 Å². The first-order valence-electron chi connectivity index (χ1n) is 8.16. The molecular weight excluding hydrogens is 366 g/mol. The van der Waals surface area contributed by atoms with Gasteiger partial charge in [0.25, 0.3) is 11.8 Å². The number of hydrogen-bond acceptors (Lipinski definition) is 6. The zero-order chi connectivity index (χ0) is 20.5. The smallest absolute Gasteiger partial charge is 0.325 e. The van der Waals surface area contributed by atoms with Crippen molar-refractivity contribution < 1.29 is 28.7 Å². The first kappa shape index (κ1) is 20.4. The monoisotopic (exact) mass is 385 g/mol. The largest absolute Gasteiger partial charge is 0.497 e. The highest BCUT2D eigenvalue weighted by molar-refractivity contribution is 5.97. The second-order valence-electron chi connectivity index (χ2n) is 5.57. The lowest BCUT2D eigenvalue weighted by Gasteiger charge is -2.08. The van der Waals surface area contributed by atoms with Crippen molar-refractivity contribution in [3.8, 4) is 5.75 Å². The first-order valence-corrected chi connectivity index (χ1v) is 8.16. The van der Waals surface area contributed by atoms with Crippen LogP contribution in [0.3, 0.4) is 0 Å². The molecular formula is C19H19N3O6. The predicted molar refractivity (Wildman–Crippen MR) is 99.9 cm³/mol. The van der Waals surface area contributed by atoms with Gasteiger partial charge in [0.05, 0.1) is 7.11 Å². The Labute approximate surface area is 160 Å². The average molecular weight is 385 g/mol.